The van der Waals surface area contributed by atoms with E-state index in [9.17, 15) is 4.79 Å². The fourth-order valence-electron chi connectivity index (χ4n) is 2.94. The number of hydrogen-bond donors (Lipinski definition) is 2. The molecule has 5 nitrogen and oxygen atoms in total. The van der Waals surface area contributed by atoms with Gasteiger partial charge in [-0.3, -0.25) is 4.79 Å². The number of hydrogen-bond acceptors (Lipinski definition) is 4. The molecule has 0 aliphatic heterocycles. The first kappa shape index (κ1) is 16.5. The maximum Gasteiger partial charge on any atom is 0.283 e. The summed E-state index contributed by atoms with van der Waals surface area (Å²) in [4.78, 5) is 12.0. The van der Waals surface area contributed by atoms with Crippen molar-refractivity contribution in [2.45, 2.75) is 45.6 Å². The van der Waals surface area contributed by atoms with Crippen LogP contribution in [-0.4, -0.2) is 28.0 Å². The molecule has 1 aromatic rings. The van der Waals surface area contributed by atoms with Gasteiger partial charge in [-0.15, -0.1) is 0 Å². The van der Waals surface area contributed by atoms with Gasteiger partial charge in [-0.05, 0) is 40.6 Å². The topological polar surface area (TPSA) is 67.2 Å². The lowest BCUT2D eigenvalue weighted by Gasteiger charge is -2.28. The highest BCUT2D eigenvalue weighted by molar-refractivity contribution is 9.10. The fourth-order valence-corrected chi connectivity index (χ4v) is 3.39. The Kier molecular flexibility index (Phi) is 6.23. The zero-order valence-corrected chi connectivity index (χ0v) is 14.1. The minimum absolute atomic E-state index is 0.0905. The molecule has 0 radical (unpaired) electrons. The van der Waals surface area contributed by atoms with E-state index in [-0.39, 0.29) is 18.7 Å². The Morgan fingerprint density at radius 3 is 2.67 bits per heavy atom. The van der Waals surface area contributed by atoms with Crippen LogP contribution in [0, 0.1) is 11.8 Å². The molecule has 2 rings (SSSR count). The van der Waals surface area contributed by atoms with Crippen LogP contribution in [-0.2, 0) is 6.54 Å². The molecule has 2 N–H and O–H groups in total. The first-order valence-electron chi connectivity index (χ1n) is 7.76. The molecule has 1 saturated carbocycles. The van der Waals surface area contributed by atoms with E-state index in [0.717, 1.165) is 18.2 Å². The molecule has 0 aromatic carbocycles. The second-order valence-electron chi connectivity index (χ2n) is 5.80. The number of halogens is 1. The van der Waals surface area contributed by atoms with Gasteiger partial charge in [-0.25, -0.2) is 4.68 Å². The molecule has 0 amide bonds. The Morgan fingerprint density at radius 2 is 2.05 bits per heavy atom. The third-order valence-electron chi connectivity index (χ3n) is 4.42. The molecule has 21 heavy (non-hydrogen) atoms. The molecular weight excluding hydrogens is 334 g/mol. The van der Waals surface area contributed by atoms with Crippen LogP contribution in [0.1, 0.15) is 39.0 Å². The summed E-state index contributed by atoms with van der Waals surface area (Å²) in [6.07, 6.45) is 8.11. The molecular formula is C15H24BrN3O2. The van der Waals surface area contributed by atoms with Gasteiger partial charge in [0.2, 0.25) is 0 Å². The molecule has 1 aliphatic rings. The van der Waals surface area contributed by atoms with Gasteiger partial charge >= 0.3 is 0 Å². The highest BCUT2D eigenvalue weighted by atomic mass is 79.9. The van der Waals surface area contributed by atoms with Crippen LogP contribution in [0.5, 0.6) is 0 Å². The van der Waals surface area contributed by atoms with E-state index in [4.69, 9.17) is 5.11 Å². The van der Waals surface area contributed by atoms with Crippen molar-refractivity contribution in [3.05, 3.63) is 21.0 Å². The monoisotopic (exact) mass is 357 g/mol. The Balaban J connectivity index is 1.92. The first-order chi connectivity index (χ1) is 10.2. The number of aliphatic hydroxyl groups is 1. The van der Waals surface area contributed by atoms with Gasteiger partial charge in [-0.2, -0.15) is 5.10 Å². The van der Waals surface area contributed by atoms with Crippen LogP contribution in [0.15, 0.2) is 15.5 Å². The Bertz CT molecular complexity index is 510. The van der Waals surface area contributed by atoms with Crippen molar-refractivity contribution in [1.29, 1.82) is 0 Å². The van der Waals surface area contributed by atoms with E-state index in [1.165, 1.54) is 36.8 Å². The Hall–Kier alpha value is -0.880. The largest absolute Gasteiger partial charge is 0.394 e. The molecule has 0 unspecified atom stereocenters. The van der Waals surface area contributed by atoms with E-state index >= 15 is 0 Å². The molecule has 1 fully saturated rings. The SMILES string of the molecule is CCC1CCC(CNc2cnn(CCO)c(=O)c2Br)CC1. The second-order valence-corrected chi connectivity index (χ2v) is 6.59. The standard InChI is InChI=1S/C15H24BrN3O2/c1-2-11-3-5-12(6-4-11)9-17-13-10-18-19(7-8-20)15(21)14(13)16/h10-12,17,20H,2-9H2,1H3. The summed E-state index contributed by atoms with van der Waals surface area (Å²) in [5, 5.41) is 16.3. The summed E-state index contributed by atoms with van der Waals surface area (Å²) in [6.45, 7) is 3.29. The number of aliphatic hydroxyl groups excluding tert-OH is 1. The molecule has 0 saturated heterocycles. The minimum atomic E-state index is -0.205. The molecule has 0 atom stereocenters. The summed E-state index contributed by atoms with van der Waals surface area (Å²) < 4.78 is 1.76. The van der Waals surface area contributed by atoms with Crippen LogP contribution in [0.2, 0.25) is 0 Å². The number of anilines is 1. The molecule has 1 aromatic heterocycles. The average molecular weight is 358 g/mol. The first-order valence-corrected chi connectivity index (χ1v) is 8.55. The van der Waals surface area contributed by atoms with Crippen LogP contribution >= 0.6 is 15.9 Å². The Labute approximate surface area is 133 Å². The van der Waals surface area contributed by atoms with Crippen molar-refractivity contribution >= 4 is 21.6 Å². The summed E-state index contributed by atoms with van der Waals surface area (Å²) in [5.41, 5.74) is 0.538. The molecule has 118 valence electrons. The zero-order valence-electron chi connectivity index (χ0n) is 12.5. The van der Waals surface area contributed by atoms with Crippen molar-refractivity contribution < 1.29 is 5.11 Å². The van der Waals surface area contributed by atoms with Crippen molar-refractivity contribution in [2.75, 3.05) is 18.5 Å². The lowest BCUT2D eigenvalue weighted by atomic mass is 9.81. The number of nitrogens with one attached hydrogen (secondary N) is 1. The molecule has 1 aliphatic carbocycles. The van der Waals surface area contributed by atoms with Crippen LogP contribution in [0.4, 0.5) is 5.69 Å². The third-order valence-corrected chi connectivity index (χ3v) is 5.19. The van der Waals surface area contributed by atoms with Gasteiger partial charge in [0.1, 0.15) is 4.47 Å². The van der Waals surface area contributed by atoms with E-state index in [2.05, 4.69) is 33.3 Å². The molecule has 0 spiro atoms. The van der Waals surface area contributed by atoms with Crippen molar-refractivity contribution in [3.8, 4) is 0 Å². The smallest absolute Gasteiger partial charge is 0.283 e. The van der Waals surface area contributed by atoms with E-state index < -0.39 is 0 Å². The number of nitrogens with zero attached hydrogens (tertiary/aromatic N) is 2. The summed E-state index contributed by atoms with van der Waals surface area (Å²) in [7, 11) is 0. The van der Waals surface area contributed by atoms with Gasteiger partial charge in [-0.1, -0.05) is 26.2 Å². The van der Waals surface area contributed by atoms with Crippen molar-refractivity contribution in [2.24, 2.45) is 11.8 Å². The second kappa shape index (κ2) is 7.94. The lowest BCUT2D eigenvalue weighted by Crippen LogP contribution is -2.27. The number of rotatable bonds is 6. The van der Waals surface area contributed by atoms with Gasteiger partial charge < -0.3 is 10.4 Å². The quantitative estimate of drug-likeness (QED) is 0.821. The predicted molar refractivity (Wildman–Crippen MR) is 87.5 cm³/mol. The van der Waals surface area contributed by atoms with Crippen LogP contribution in [0.25, 0.3) is 0 Å². The number of aromatic nitrogens is 2. The highest BCUT2D eigenvalue weighted by Crippen LogP contribution is 2.31. The fraction of sp³-hybridized carbons (Fsp3) is 0.733. The van der Waals surface area contributed by atoms with Crippen LogP contribution < -0.4 is 10.9 Å². The van der Waals surface area contributed by atoms with E-state index in [1.807, 2.05) is 0 Å². The summed E-state index contributed by atoms with van der Waals surface area (Å²) in [5.74, 6) is 1.58. The van der Waals surface area contributed by atoms with Crippen molar-refractivity contribution in [3.63, 3.8) is 0 Å². The van der Waals surface area contributed by atoms with Gasteiger partial charge in [0.15, 0.2) is 0 Å². The highest BCUT2D eigenvalue weighted by Gasteiger charge is 2.20. The zero-order chi connectivity index (χ0) is 15.2. The minimum Gasteiger partial charge on any atom is -0.394 e. The maximum atomic E-state index is 12.0. The third kappa shape index (κ3) is 4.30. The van der Waals surface area contributed by atoms with Gasteiger partial charge in [0.25, 0.3) is 5.56 Å². The van der Waals surface area contributed by atoms with Gasteiger partial charge in [0.05, 0.1) is 25.0 Å². The van der Waals surface area contributed by atoms with Crippen molar-refractivity contribution in [1.82, 2.24) is 9.78 Å². The van der Waals surface area contributed by atoms with Gasteiger partial charge in [0, 0.05) is 6.54 Å². The molecule has 1 heterocycles. The molecule has 0 bridgehead atoms. The maximum absolute atomic E-state index is 12.0. The van der Waals surface area contributed by atoms with E-state index in [1.54, 1.807) is 6.20 Å². The average Bonchev–Trinajstić information content (AvgIpc) is 2.52. The lowest BCUT2D eigenvalue weighted by molar-refractivity contribution is 0.266. The predicted octanol–water partition coefficient (Wildman–Crippen LogP) is 2.63. The molecule has 6 heteroatoms. The summed E-state index contributed by atoms with van der Waals surface area (Å²) >= 11 is 3.33. The Morgan fingerprint density at radius 1 is 1.38 bits per heavy atom. The summed E-state index contributed by atoms with van der Waals surface area (Å²) in [6, 6.07) is 0. The normalized spacial score (nSPS) is 22.2. The van der Waals surface area contributed by atoms with E-state index in [0.29, 0.717) is 10.4 Å². The van der Waals surface area contributed by atoms with Crippen LogP contribution in [0.3, 0.4) is 0 Å².